The minimum absolute atomic E-state index is 0.432. The minimum atomic E-state index is 0.432. The van der Waals surface area contributed by atoms with Gasteiger partial charge >= 0.3 is 0 Å². The third-order valence-corrected chi connectivity index (χ3v) is 2.84. The summed E-state index contributed by atoms with van der Waals surface area (Å²) in [6.07, 6.45) is 0. The molecule has 0 aromatic heterocycles. The zero-order valence-electron chi connectivity index (χ0n) is 8.99. The Balaban J connectivity index is 2.05. The SMILES string of the molecule is Nc1cc(COc2cccc(Cl)c2)ccc1Cl. The van der Waals surface area contributed by atoms with Crippen LogP contribution in [-0.2, 0) is 6.61 Å². The van der Waals surface area contributed by atoms with Crippen LogP contribution in [0.3, 0.4) is 0 Å². The van der Waals surface area contributed by atoms with Crippen LogP contribution in [0.1, 0.15) is 5.56 Å². The Hall–Kier alpha value is -1.38. The molecule has 4 heteroatoms. The van der Waals surface area contributed by atoms with Gasteiger partial charge in [-0.25, -0.2) is 0 Å². The summed E-state index contributed by atoms with van der Waals surface area (Å²) in [6, 6.07) is 12.7. The predicted octanol–water partition coefficient (Wildman–Crippen LogP) is 4.15. The van der Waals surface area contributed by atoms with E-state index >= 15 is 0 Å². The van der Waals surface area contributed by atoms with Gasteiger partial charge in [0.05, 0.1) is 10.7 Å². The first-order valence-corrected chi connectivity index (χ1v) is 5.83. The Morgan fingerprint density at radius 3 is 2.59 bits per heavy atom. The number of benzene rings is 2. The van der Waals surface area contributed by atoms with Crippen molar-refractivity contribution in [2.75, 3.05) is 5.73 Å². The van der Waals surface area contributed by atoms with Crippen LogP contribution in [0.15, 0.2) is 42.5 Å². The van der Waals surface area contributed by atoms with E-state index in [1.807, 2.05) is 18.2 Å². The Morgan fingerprint density at radius 2 is 1.88 bits per heavy atom. The molecule has 0 aliphatic carbocycles. The second-order valence-corrected chi connectivity index (χ2v) is 4.45. The number of hydrogen-bond donors (Lipinski definition) is 1. The first-order chi connectivity index (χ1) is 8.15. The Kier molecular flexibility index (Phi) is 3.77. The fraction of sp³-hybridized carbons (Fsp3) is 0.0769. The summed E-state index contributed by atoms with van der Waals surface area (Å²) in [6.45, 7) is 0.432. The smallest absolute Gasteiger partial charge is 0.121 e. The van der Waals surface area contributed by atoms with Gasteiger partial charge in [-0.1, -0.05) is 35.3 Å². The van der Waals surface area contributed by atoms with E-state index in [0.29, 0.717) is 22.3 Å². The van der Waals surface area contributed by atoms with E-state index in [9.17, 15) is 0 Å². The van der Waals surface area contributed by atoms with Gasteiger partial charge < -0.3 is 10.5 Å². The number of hydrogen-bond acceptors (Lipinski definition) is 2. The molecule has 2 aromatic rings. The molecule has 2 nitrogen and oxygen atoms in total. The van der Waals surface area contributed by atoms with Crippen molar-refractivity contribution in [1.82, 2.24) is 0 Å². The molecule has 88 valence electrons. The normalized spacial score (nSPS) is 10.2. The molecule has 0 amide bonds. The summed E-state index contributed by atoms with van der Waals surface area (Å²) in [5.74, 6) is 0.728. The van der Waals surface area contributed by atoms with Crippen LogP contribution in [0.5, 0.6) is 5.75 Å². The van der Waals surface area contributed by atoms with Gasteiger partial charge in [-0.05, 0) is 35.9 Å². The van der Waals surface area contributed by atoms with E-state index in [4.69, 9.17) is 33.7 Å². The van der Waals surface area contributed by atoms with Crippen LogP contribution in [0.4, 0.5) is 5.69 Å². The average Bonchev–Trinajstić information content (AvgIpc) is 2.31. The van der Waals surface area contributed by atoms with Crippen LogP contribution >= 0.6 is 23.2 Å². The topological polar surface area (TPSA) is 35.2 Å². The molecular formula is C13H11Cl2NO. The largest absolute Gasteiger partial charge is 0.489 e. The van der Waals surface area contributed by atoms with Crippen molar-refractivity contribution in [3.05, 3.63) is 58.1 Å². The monoisotopic (exact) mass is 267 g/mol. The van der Waals surface area contributed by atoms with Crippen molar-refractivity contribution in [3.63, 3.8) is 0 Å². The Labute approximate surface area is 110 Å². The summed E-state index contributed by atoms with van der Waals surface area (Å²) in [4.78, 5) is 0. The molecule has 0 unspecified atom stereocenters. The van der Waals surface area contributed by atoms with Gasteiger partial charge in [-0.3, -0.25) is 0 Å². The van der Waals surface area contributed by atoms with Crippen LogP contribution < -0.4 is 10.5 Å². The van der Waals surface area contributed by atoms with Crippen LogP contribution in [0.2, 0.25) is 10.0 Å². The molecule has 0 bridgehead atoms. The average molecular weight is 268 g/mol. The molecule has 2 aromatic carbocycles. The first-order valence-electron chi connectivity index (χ1n) is 5.07. The molecule has 0 aliphatic rings. The number of anilines is 1. The fourth-order valence-electron chi connectivity index (χ4n) is 1.41. The highest BCUT2D eigenvalue weighted by Gasteiger charge is 2.00. The van der Waals surface area contributed by atoms with E-state index in [1.54, 1.807) is 24.3 Å². The summed E-state index contributed by atoms with van der Waals surface area (Å²) in [5.41, 5.74) is 7.22. The van der Waals surface area contributed by atoms with Gasteiger partial charge in [-0.2, -0.15) is 0 Å². The van der Waals surface area contributed by atoms with Crippen LogP contribution in [0.25, 0.3) is 0 Å². The number of rotatable bonds is 3. The maximum atomic E-state index is 5.86. The molecule has 0 radical (unpaired) electrons. The summed E-state index contributed by atoms with van der Waals surface area (Å²) in [5, 5.41) is 1.20. The van der Waals surface area contributed by atoms with Crippen molar-refractivity contribution in [1.29, 1.82) is 0 Å². The van der Waals surface area contributed by atoms with Crippen molar-refractivity contribution < 1.29 is 4.74 Å². The molecule has 0 saturated carbocycles. The highest BCUT2D eigenvalue weighted by molar-refractivity contribution is 6.33. The van der Waals surface area contributed by atoms with E-state index in [2.05, 4.69) is 0 Å². The molecular weight excluding hydrogens is 257 g/mol. The summed E-state index contributed by atoms with van der Waals surface area (Å²) >= 11 is 11.7. The van der Waals surface area contributed by atoms with Crippen LogP contribution in [-0.4, -0.2) is 0 Å². The highest BCUT2D eigenvalue weighted by atomic mass is 35.5. The van der Waals surface area contributed by atoms with E-state index in [-0.39, 0.29) is 0 Å². The Morgan fingerprint density at radius 1 is 1.06 bits per heavy atom. The van der Waals surface area contributed by atoms with Gasteiger partial charge in [0.25, 0.3) is 0 Å². The molecule has 0 fully saturated rings. The zero-order valence-corrected chi connectivity index (χ0v) is 10.5. The minimum Gasteiger partial charge on any atom is -0.489 e. The third-order valence-electron chi connectivity index (χ3n) is 2.26. The van der Waals surface area contributed by atoms with Gasteiger partial charge in [0.1, 0.15) is 12.4 Å². The lowest BCUT2D eigenvalue weighted by molar-refractivity contribution is 0.306. The lowest BCUT2D eigenvalue weighted by Gasteiger charge is -2.07. The first kappa shape index (κ1) is 12.1. The standard InChI is InChI=1S/C13H11Cl2NO/c14-10-2-1-3-11(7-10)17-8-9-4-5-12(15)13(16)6-9/h1-7H,8,16H2. The molecule has 17 heavy (non-hydrogen) atoms. The van der Waals surface area contributed by atoms with Crippen molar-refractivity contribution >= 4 is 28.9 Å². The lowest BCUT2D eigenvalue weighted by atomic mass is 10.2. The number of ether oxygens (including phenoxy) is 1. The molecule has 2 rings (SSSR count). The molecule has 0 heterocycles. The summed E-state index contributed by atoms with van der Waals surface area (Å²) < 4.78 is 5.58. The Bertz CT molecular complexity index is 529. The molecule has 0 aliphatic heterocycles. The highest BCUT2D eigenvalue weighted by Crippen LogP contribution is 2.22. The maximum absolute atomic E-state index is 5.86. The second kappa shape index (κ2) is 5.30. The quantitative estimate of drug-likeness (QED) is 0.848. The van der Waals surface area contributed by atoms with Gasteiger partial charge in [0.2, 0.25) is 0 Å². The fourth-order valence-corrected chi connectivity index (χ4v) is 1.70. The number of nitrogens with two attached hydrogens (primary N) is 1. The van der Waals surface area contributed by atoms with Crippen molar-refractivity contribution in [2.45, 2.75) is 6.61 Å². The van der Waals surface area contributed by atoms with E-state index < -0.39 is 0 Å². The maximum Gasteiger partial charge on any atom is 0.121 e. The van der Waals surface area contributed by atoms with Gasteiger partial charge in [0.15, 0.2) is 0 Å². The van der Waals surface area contributed by atoms with E-state index in [0.717, 1.165) is 11.3 Å². The third kappa shape index (κ3) is 3.29. The van der Waals surface area contributed by atoms with Gasteiger partial charge in [-0.15, -0.1) is 0 Å². The lowest BCUT2D eigenvalue weighted by Crippen LogP contribution is -1.97. The second-order valence-electron chi connectivity index (χ2n) is 3.60. The molecule has 0 saturated heterocycles. The van der Waals surface area contributed by atoms with Gasteiger partial charge in [0, 0.05) is 5.02 Å². The van der Waals surface area contributed by atoms with Crippen molar-refractivity contribution in [3.8, 4) is 5.75 Å². The van der Waals surface area contributed by atoms with Crippen LogP contribution in [0, 0.1) is 0 Å². The number of nitrogen functional groups attached to an aromatic ring is 1. The van der Waals surface area contributed by atoms with E-state index in [1.165, 1.54) is 0 Å². The molecule has 2 N–H and O–H groups in total. The molecule has 0 atom stereocenters. The van der Waals surface area contributed by atoms with Crippen molar-refractivity contribution in [2.24, 2.45) is 0 Å². The molecule has 0 spiro atoms. The predicted molar refractivity (Wildman–Crippen MR) is 71.6 cm³/mol. The summed E-state index contributed by atoms with van der Waals surface area (Å²) in [7, 11) is 0. The number of halogens is 2. The zero-order chi connectivity index (χ0) is 12.3.